The van der Waals surface area contributed by atoms with Crippen LogP contribution in [0.2, 0.25) is 0 Å². The van der Waals surface area contributed by atoms with Crippen LogP contribution in [-0.2, 0) is 16.0 Å². The summed E-state index contributed by atoms with van der Waals surface area (Å²) in [7, 11) is 0. The molecule has 176 valence electrons. The van der Waals surface area contributed by atoms with Gasteiger partial charge in [-0.25, -0.2) is 19.5 Å². The van der Waals surface area contributed by atoms with Gasteiger partial charge in [-0.2, -0.15) is 0 Å². The Morgan fingerprint density at radius 3 is 2.48 bits per heavy atom. The van der Waals surface area contributed by atoms with E-state index in [4.69, 9.17) is 4.74 Å². The number of amides is 4. The molecule has 0 spiro atoms. The second-order valence-electron chi connectivity index (χ2n) is 7.75. The van der Waals surface area contributed by atoms with Crippen LogP contribution in [0, 0.1) is 0 Å². The monoisotopic (exact) mass is 466 g/mol. The van der Waals surface area contributed by atoms with Crippen molar-refractivity contribution in [1.82, 2.24) is 10.3 Å². The second-order valence-corrected chi connectivity index (χ2v) is 7.75. The Kier molecular flexibility index (Phi) is 6.47. The van der Waals surface area contributed by atoms with Crippen LogP contribution in [0.3, 0.4) is 0 Å². The van der Waals surface area contributed by atoms with Gasteiger partial charge in [-0.3, -0.25) is 10.1 Å². The van der Waals surface area contributed by atoms with Crippen molar-refractivity contribution in [3.63, 3.8) is 0 Å². The summed E-state index contributed by atoms with van der Waals surface area (Å²) < 4.78 is 45.8. The Balaban J connectivity index is 1.74. The van der Waals surface area contributed by atoms with E-state index in [0.29, 0.717) is 5.56 Å². The van der Waals surface area contributed by atoms with Crippen LogP contribution in [-0.4, -0.2) is 41.0 Å². The van der Waals surface area contributed by atoms with Crippen molar-refractivity contribution in [3.8, 4) is 5.75 Å². The highest BCUT2D eigenvalue weighted by molar-refractivity contribution is 6.23. The molecule has 0 radical (unpaired) electrons. The first kappa shape index (κ1) is 23.8. The quantitative estimate of drug-likeness (QED) is 0.623. The lowest BCUT2D eigenvalue weighted by molar-refractivity contribution is -0.274. The zero-order valence-electron chi connectivity index (χ0n) is 17.9. The number of nitrogens with one attached hydrogen (secondary N) is 2. The lowest BCUT2D eigenvalue weighted by Crippen LogP contribution is -2.46. The number of imide groups is 1. The number of carbonyl (C=O) groups is 3. The van der Waals surface area contributed by atoms with E-state index in [1.54, 1.807) is 19.9 Å². The zero-order valence-corrected chi connectivity index (χ0v) is 17.9. The highest BCUT2D eigenvalue weighted by atomic mass is 19.4. The lowest BCUT2D eigenvalue weighted by Gasteiger charge is -2.22. The molecule has 1 aromatic heterocycles. The fourth-order valence-electron chi connectivity index (χ4n) is 3.24. The number of urea groups is 1. The molecular weight excluding hydrogens is 445 g/mol. The standard InChI is InChI=1S/C21H21F3N4O5/c1-12(2)32-19(31)26-16-10-13(8-9-25-16)11-20(3)17(29)28(18(30)27-20)14-4-6-15(7-5-14)33-21(22,23)24/h4-10,12H,11H2,1-3H3,(H,27,30)(H,25,26,31). The van der Waals surface area contributed by atoms with Crippen LogP contribution in [0.1, 0.15) is 26.3 Å². The molecule has 0 bridgehead atoms. The Morgan fingerprint density at radius 2 is 1.88 bits per heavy atom. The van der Waals surface area contributed by atoms with Crippen molar-refractivity contribution in [1.29, 1.82) is 0 Å². The van der Waals surface area contributed by atoms with E-state index in [1.807, 2.05) is 0 Å². The first-order valence-electron chi connectivity index (χ1n) is 9.81. The second kappa shape index (κ2) is 8.96. The molecule has 1 aliphatic rings. The SMILES string of the molecule is CC(C)OC(=O)Nc1cc(CC2(C)NC(=O)N(c3ccc(OC(F)(F)F)cc3)C2=O)ccn1. The molecule has 2 heterocycles. The van der Waals surface area contributed by atoms with Gasteiger partial charge in [0.1, 0.15) is 17.1 Å². The number of benzene rings is 1. The average Bonchev–Trinajstić information content (AvgIpc) is 2.89. The molecular formula is C21H21F3N4O5. The fraction of sp³-hybridized carbons (Fsp3) is 0.333. The lowest BCUT2D eigenvalue weighted by atomic mass is 9.93. The summed E-state index contributed by atoms with van der Waals surface area (Å²) in [4.78, 5) is 42.2. The maximum atomic E-state index is 13.1. The number of hydrogen-bond donors (Lipinski definition) is 2. The molecule has 3 rings (SSSR count). The number of carbonyl (C=O) groups excluding carboxylic acids is 3. The number of hydrogen-bond acceptors (Lipinski definition) is 6. The molecule has 1 unspecified atom stereocenters. The van der Waals surface area contributed by atoms with Crippen LogP contribution < -0.4 is 20.3 Å². The van der Waals surface area contributed by atoms with Crippen LogP contribution in [0.15, 0.2) is 42.6 Å². The Labute approximate surface area is 186 Å². The van der Waals surface area contributed by atoms with Crippen molar-refractivity contribution < 1.29 is 37.0 Å². The van der Waals surface area contributed by atoms with E-state index in [1.165, 1.54) is 31.3 Å². The van der Waals surface area contributed by atoms with E-state index < -0.39 is 35.7 Å². The molecule has 0 aliphatic carbocycles. The molecule has 4 amide bonds. The van der Waals surface area contributed by atoms with Gasteiger partial charge in [0, 0.05) is 12.6 Å². The van der Waals surface area contributed by atoms with Gasteiger partial charge in [0.05, 0.1) is 11.8 Å². The number of pyridine rings is 1. The number of aromatic nitrogens is 1. The topological polar surface area (TPSA) is 110 Å². The normalized spacial score (nSPS) is 18.3. The van der Waals surface area contributed by atoms with Gasteiger partial charge < -0.3 is 14.8 Å². The van der Waals surface area contributed by atoms with Crippen molar-refractivity contribution in [2.75, 3.05) is 10.2 Å². The minimum absolute atomic E-state index is 0.0692. The van der Waals surface area contributed by atoms with E-state index >= 15 is 0 Å². The largest absolute Gasteiger partial charge is 0.573 e. The van der Waals surface area contributed by atoms with Crippen LogP contribution >= 0.6 is 0 Å². The molecule has 0 saturated carbocycles. The number of rotatable bonds is 6. The maximum Gasteiger partial charge on any atom is 0.573 e. The molecule has 1 aliphatic heterocycles. The number of halogens is 3. The van der Waals surface area contributed by atoms with Crippen LogP contribution in [0.4, 0.5) is 34.3 Å². The molecule has 9 nitrogen and oxygen atoms in total. The summed E-state index contributed by atoms with van der Waals surface area (Å²) in [6.45, 7) is 4.91. The van der Waals surface area contributed by atoms with Crippen molar-refractivity contribution in [3.05, 3.63) is 48.2 Å². The molecule has 1 fully saturated rings. The summed E-state index contributed by atoms with van der Waals surface area (Å²) in [5, 5.41) is 5.09. The highest BCUT2D eigenvalue weighted by Gasteiger charge is 2.48. The van der Waals surface area contributed by atoms with Gasteiger partial charge >= 0.3 is 18.5 Å². The number of alkyl halides is 3. The van der Waals surface area contributed by atoms with Gasteiger partial charge in [-0.05, 0) is 62.7 Å². The van der Waals surface area contributed by atoms with E-state index in [0.717, 1.165) is 17.0 Å². The van der Waals surface area contributed by atoms with Gasteiger partial charge in [0.15, 0.2) is 0 Å². The smallest absolute Gasteiger partial charge is 0.447 e. The first-order chi connectivity index (χ1) is 15.4. The zero-order chi connectivity index (χ0) is 24.4. The fourth-order valence-corrected chi connectivity index (χ4v) is 3.24. The highest BCUT2D eigenvalue weighted by Crippen LogP contribution is 2.30. The number of nitrogens with zero attached hydrogens (tertiary/aromatic N) is 2. The van der Waals surface area contributed by atoms with Crippen molar-refractivity contribution >= 4 is 29.5 Å². The molecule has 2 aromatic rings. The van der Waals surface area contributed by atoms with Crippen LogP contribution in [0.5, 0.6) is 5.75 Å². The Morgan fingerprint density at radius 1 is 1.21 bits per heavy atom. The van der Waals surface area contributed by atoms with E-state index in [9.17, 15) is 27.6 Å². The molecule has 2 N–H and O–H groups in total. The third-order valence-corrected chi connectivity index (χ3v) is 4.54. The maximum absolute atomic E-state index is 13.1. The van der Waals surface area contributed by atoms with Crippen molar-refractivity contribution in [2.24, 2.45) is 0 Å². The van der Waals surface area contributed by atoms with Gasteiger partial charge in [0.25, 0.3) is 5.91 Å². The first-order valence-corrected chi connectivity index (χ1v) is 9.81. The number of ether oxygens (including phenoxy) is 2. The summed E-state index contributed by atoms with van der Waals surface area (Å²) in [6.07, 6.45) is -4.36. The van der Waals surface area contributed by atoms with Gasteiger partial charge in [-0.1, -0.05) is 0 Å². The minimum atomic E-state index is -4.86. The third kappa shape index (κ3) is 5.90. The molecule has 1 saturated heterocycles. The van der Waals surface area contributed by atoms with Crippen LogP contribution in [0.25, 0.3) is 0 Å². The molecule has 1 atom stereocenters. The number of anilines is 2. The summed E-state index contributed by atoms with van der Waals surface area (Å²) >= 11 is 0. The Hall–Kier alpha value is -3.83. The molecule has 12 heteroatoms. The van der Waals surface area contributed by atoms with Crippen molar-refractivity contribution in [2.45, 2.75) is 45.2 Å². The molecule has 1 aromatic carbocycles. The van der Waals surface area contributed by atoms with E-state index in [-0.39, 0.29) is 24.0 Å². The predicted octanol–water partition coefficient (Wildman–Crippen LogP) is 3.99. The van der Waals surface area contributed by atoms with E-state index in [2.05, 4.69) is 20.4 Å². The summed E-state index contributed by atoms with van der Waals surface area (Å²) in [5.74, 6) is -0.868. The van der Waals surface area contributed by atoms with Gasteiger partial charge in [-0.15, -0.1) is 13.2 Å². The summed E-state index contributed by atoms with van der Waals surface area (Å²) in [5.41, 5.74) is -0.656. The predicted molar refractivity (Wildman–Crippen MR) is 111 cm³/mol. The van der Waals surface area contributed by atoms with Gasteiger partial charge in [0.2, 0.25) is 0 Å². The summed E-state index contributed by atoms with van der Waals surface area (Å²) in [6, 6.07) is 6.82. The third-order valence-electron chi connectivity index (χ3n) is 4.54. The minimum Gasteiger partial charge on any atom is -0.447 e. The average molecular weight is 466 g/mol. The Bertz CT molecular complexity index is 1060. The molecule has 33 heavy (non-hydrogen) atoms.